The van der Waals surface area contributed by atoms with Crippen LogP contribution in [0.5, 0.6) is 0 Å². The van der Waals surface area contributed by atoms with Crippen molar-refractivity contribution < 1.29 is 4.74 Å². The second kappa shape index (κ2) is 4.77. The van der Waals surface area contributed by atoms with Gasteiger partial charge < -0.3 is 4.74 Å². The molecule has 0 rings (SSSR count). The minimum absolute atomic E-state index is 0.218. The molecular weight excluding hydrogens is 114 g/mol. The molecule has 0 heterocycles. The van der Waals surface area contributed by atoms with Gasteiger partial charge in [0.05, 0.1) is 0 Å². The van der Waals surface area contributed by atoms with Gasteiger partial charge >= 0.3 is 0 Å². The molecule has 0 saturated heterocycles. The van der Waals surface area contributed by atoms with Crippen molar-refractivity contribution in [2.24, 2.45) is 5.92 Å². The maximum absolute atomic E-state index is 5.14. The standard InChI is InChI=1S/C7H17NO/c1-5-8-7(9-4)6(2)3/h6-8H,5H2,1-4H3. The molecule has 1 N–H and O–H groups in total. The number of rotatable bonds is 4. The fourth-order valence-electron chi connectivity index (χ4n) is 0.792. The summed E-state index contributed by atoms with van der Waals surface area (Å²) >= 11 is 0. The van der Waals surface area contributed by atoms with Crippen molar-refractivity contribution in [1.29, 1.82) is 0 Å². The Morgan fingerprint density at radius 2 is 2.00 bits per heavy atom. The van der Waals surface area contributed by atoms with Gasteiger partial charge in [-0.15, -0.1) is 0 Å². The molecule has 0 aromatic heterocycles. The average Bonchev–Trinajstić information content (AvgIpc) is 1.82. The number of methoxy groups -OCH3 is 1. The molecule has 56 valence electrons. The first-order chi connectivity index (χ1) is 4.22. The fraction of sp³-hybridized carbons (Fsp3) is 1.00. The van der Waals surface area contributed by atoms with Crippen LogP contribution in [-0.2, 0) is 4.74 Å². The minimum atomic E-state index is 0.218. The van der Waals surface area contributed by atoms with Gasteiger partial charge in [0, 0.05) is 7.11 Å². The van der Waals surface area contributed by atoms with Gasteiger partial charge in [0.1, 0.15) is 6.23 Å². The van der Waals surface area contributed by atoms with E-state index in [1.807, 2.05) is 0 Å². The first kappa shape index (κ1) is 8.92. The van der Waals surface area contributed by atoms with E-state index in [1.54, 1.807) is 7.11 Å². The third-order valence-corrected chi connectivity index (χ3v) is 1.26. The highest BCUT2D eigenvalue weighted by Crippen LogP contribution is 2.00. The molecule has 0 amide bonds. The summed E-state index contributed by atoms with van der Waals surface area (Å²) in [6.45, 7) is 7.32. The maximum Gasteiger partial charge on any atom is 0.110 e. The van der Waals surface area contributed by atoms with Gasteiger partial charge in [0.15, 0.2) is 0 Å². The van der Waals surface area contributed by atoms with Crippen molar-refractivity contribution in [3.63, 3.8) is 0 Å². The predicted molar refractivity (Wildman–Crippen MR) is 39.3 cm³/mol. The Morgan fingerprint density at radius 3 is 2.11 bits per heavy atom. The van der Waals surface area contributed by atoms with Crippen LogP contribution in [0.15, 0.2) is 0 Å². The number of hydrogen-bond donors (Lipinski definition) is 1. The molecular formula is C7H17NO. The Balaban J connectivity index is 3.41. The van der Waals surface area contributed by atoms with E-state index < -0.39 is 0 Å². The molecule has 0 aliphatic rings. The molecule has 0 bridgehead atoms. The Bertz CT molecular complexity index is 63.9. The molecule has 1 unspecified atom stereocenters. The third kappa shape index (κ3) is 3.49. The molecule has 0 aromatic rings. The van der Waals surface area contributed by atoms with Crippen LogP contribution in [0, 0.1) is 5.92 Å². The molecule has 0 aliphatic heterocycles. The summed E-state index contributed by atoms with van der Waals surface area (Å²) in [7, 11) is 1.73. The third-order valence-electron chi connectivity index (χ3n) is 1.26. The van der Waals surface area contributed by atoms with E-state index in [9.17, 15) is 0 Å². The Labute approximate surface area is 57.6 Å². The highest BCUT2D eigenvalue weighted by atomic mass is 16.5. The summed E-state index contributed by atoms with van der Waals surface area (Å²) in [5.41, 5.74) is 0. The number of nitrogens with one attached hydrogen (secondary N) is 1. The van der Waals surface area contributed by atoms with Crippen LogP contribution in [0.2, 0.25) is 0 Å². The van der Waals surface area contributed by atoms with Gasteiger partial charge in [-0.3, -0.25) is 5.32 Å². The van der Waals surface area contributed by atoms with Crippen LogP contribution in [0.3, 0.4) is 0 Å². The second-order valence-corrected chi connectivity index (χ2v) is 2.46. The van der Waals surface area contributed by atoms with Gasteiger partial charge in [0.25, 0.3) is 0 Å². The molecule has 9 heavy (non-hydrogen) atoms. The van der Waals surface area contributed by atoms with E-state index in [1.165, 1.54) is 0 Å². The van der Waals surface area contributed by atoms with E-state index in [4.69, 9.17) is 4.74 Å². The monoisotopic (exact) mass is 131 g/mol. The largest absolute Gasteiger partial charge is 0.366 e. The zero-order chi connectivity index (χ0) is 7.28. The molecule has 0 aliphatic carbocycles. The number of hydrogen-bond acceptors (Lipinski definition) is 2. The number of ether oxygens (including phenoxy) is 1. The molecule has 0 aromatic carbocycles. The lowest BCUT2D eigenvalue weighted by atomic mass is 10.2. The predicted octanol–water partition coefficient (Wildman–Crippen LogP) is 1.22. The van der Waals surface area contributed by atoms with Crippen molar-refractivity contribution in [2.75, 3.05) is 13.7 Å². The molecule has 1 atom stereocenters. The molecule has 2 heteroatoms. The van der Waals surface area contributed by atoms with E-state index in [2.05, 4.69) is 26.1 Å². The van der Waals surface area contributed by atoms with Crippen LogP contribution in [-0.4, -0.2) is 19.9 Å². The van der Waals surface area contributed by atoms with Crippen LogP contribution >= 0.6 is 0 Å². The van der Waals surface area contributed by atoms with Crippen molar-refractivity contribution in [3.05, 3.63) is 0 Å². The van der Waals surface area contributed by atoms with Crippen LogP contribution in [0.4, 0.5) is 0 Å². The Kier molecular flexibility index (Phi) is 4.72. The van der Waals surface area contributed by atoms with E-state index >= 15 is 0 Å². The Morgan fingerprint density at radius 1 is 1.44 bits per heavy atom. The quantitative estimate of drug-likeness (QED) is 0.579. The summed E-state index contributed by atoms with van der Waals surface area (Å²) in [4.78, 5) is 0. The molecule has 0 radical (unpaired) electrons. The SMILES string of the molecule is CCNC(OC)C(C)C. The van der Waals surface area contributed by atoms with Gasteiger partial charge in [0.2, 0.25) is 0 Å². The summed E-state index contributed by atoms with van der Waals surface area (Å²) < 4.78 is 5.14. The van der Waals surface area contributed by atoms with Gasteiger partial charge in [-0.25, -0.2) is 0 Å². The summed E-state index contributed by atoms with van der Waals surface area (Å²) in [6.07, 6.45) is 0.218. The van der Waals surface area contributed by atoms with Crippen molar-refractivity contribution in [3.8, 4) is 0 Å². The topological polar surface area (TPSA) is 21.3 Å². The summed E-state index contributed by atoms with van der Waals surface area (Å²) in [5, 5.41) is 3.21. The lowest BCUT2D eigenvalue weighted by Crippen LogP contribution is -2.35. The zero-order valence-corrected chi connectivity index (χ0v) is 6.77. The fourth-order valence-corrected chi connectivity index (χ4v) is 0.792. The molecule has 0 spiro atoms. The lowest BCUT2D eigenvalue weighted by Gasteiger charge is -2.19. The summed E-state index contributed by atoms with van der Waals surface area (Å²) in [6, 6.07) is 0. The molecule has 0 fully saturated rings. The average molecular weight is 131 g/mol. The zero-order valence-electron chi connectivity index (χ0n) is 6.77. The van der Waals surface area contributed by atoms with Crippen LogP contribution < -0.4 is 5.32 Å². The van der Waals surface area contributed by atoms with Crippen molar-refractivity contribution in [2.45, 2.75) is 27.0 Å². The molecule has 0 saturated carbocycles. The lowest BCUT2D eigenvalue weighted by molar-refractivity contribution is 0.0390. The molecule has 2 nitrogen and oxygen atoms in total. The normalized spacial score (nSPS) is 14.3. The van der Waals surface area contributed by atoms with E-state index in [0.717, 1.165) is 6.54 Å². The van der Waals surface area contributed by atoms with Crippen molar-refractivity contribution in [1.82, 2.24) is 5.32 Å². The second-order valence-electron chi connectivity index (χ2n) is 2.46. The Hall–Kier alpha value is -0.0800. The van der Waals surface area contributed by atoms with Gasteiger partial charge in [-0.2, -0.15) is 0 Å². The highest BCUT2D eigenvalue weighted by Gasteiger charge is 2.08. The van der Waals surface area contributed by atoms with E-state index in [-0.39, 0.29) is 6.23 Å². The minimum Gasteiger partial charge on any atom is -0.366 e. The van der Waals surface area contributed by atoms with Gasteiger partial charge in [-0.1, -0.05) is 20.8 Å². The highest BCUT2D eigenvalue weighted by molar-refractivity contribution is 4.56. The van der Waals surface area contributed by atoms with Crippen LogP contribution in [0.1, 0.15) is 20.8 Å². The maximum atomic E-state index is 5.14. The first-order valence-electron chi connectivity index (χ1n) is 3.48. The first-order valence-corrected chi connectivity index (χ1v) is 3.48. The van der Waals surface area contributed by atoms with Gasteiger partial charge in [-0.05, 0) is 12.5 Å². The van der Waals surface area contributed by atoms with Crippen LogP contribution in [0.25, 0.3) is 0 Å². The van der Waals surface area contributed by atoms with Crippen molar-refractivity contribution >= 4 is 0 Å². The smallest absolute Gasteiger partial charge is 0.110 e. The summed E-state index contributed by atoms with van der Waals surface area (Å²) in [5.74, 6) is 0.551. The van der Waals surface area contributed by atoms with E-state index in [0.29, 0.717) is 5.92 Å².